The van der Waals surface area contributed by atoms with Crippen LogP contribution in [0.3, 0.4) is 0 Å². The highest BCUT2D eigenvalue weighted by atomic mass is 16.6. The number of hydrogen-bond acceptors (Lipinski definition) is 2. The summed E-state index contributed by atoms with van der Waals surface area (Å²) in [4.78, 5) is 10.8. The molecule has 3 heteroatoms. The third kappa shape index (κ3) is 0.853. The van der Waals surface area contributed by atoms with Gasteiger partial charge in [-0.1, -0.05) is 0 Å². The van der Waals surface area contributed by atoms with E-state index in [0.29, 0.717) is 0 Å². The smallest absolute Gasteiger partial charge is 0.407 e. The lowest BCUT2D eigenvalue weighted by Gasteiger charge is -2.42. The topological polar surface area (TPSA) is 38.3 Å². The molecule has 2 saturated carbocycles. The molecule has 0 aromatic heterocycles. The van der Waals surface area contributed by atoms with E-state index in [1.165, 1.54) is 12.8 Å². The molecule has 1 saturated heterocycles. The first-order valence-electron chi connectivity index (χ1n) is 4.74. The minimum absolute atomic E-state index is 0.0790. The molecule has 1 aliphatic heterocycles. The summed E-state index contributed by atoms with van der Waals surface area (Å²) in [6, 6.07) is 0. The Labute approximate surface area is 71.5 Å². The number of amides is 1. The molecule has 3 aliphatic rings. The SMILES string of the molecule is O=C1NCC2(CC(C3CC3)C2)O1. The van der Waals surface area contributed by atoms with Gasteiger partial charge in [-0.2, -0.15) is 0 Å². The van der Waals surface area contributed by atoms with Crippen LogP contribution in [0, 0.1) is 11.8 Å². The lowest BCUT2D eigenvalue weighted by atomic mass is 9.69. The predicted octanol–water partition coefficient (Wildman–Crippen LogP) is 1.28. The molecule has 0 aromatic carbocycles. The van der Waals surface area contributed by atoms with Crippen LogP contribution in [-0.2, 0) is 4.74 Å². The Balaban J connectivity index is 1.63. The fraction of sp³-hybridized carbons (Fsp3) is 0.889. The summed E-state index contributed by atoms with van der Waals surface area (Å²) in [5.74, 6) is 1.83. The molecule has 3 fully saturated rings. The third-order valence-electron chi connectivity index (χ3n) is 3.42. The first kappa shape index (κ1) is 6.75. The zero-order chi connectivity index (χ0) is 8.18. The van der Waals surface area contributed by atoms with Gasteiger partial charge in [-0.15, -0.1) is 0 Å². The van der Waals surface area contributed by atoms with Gasteiger partial charge in [0.05, 0.1) is 6.54 Å². The Kier molecular flexibility index (Phi) is 1.10. The number of carbonyl (C=O) groups excluding carboxylic acids is 1. The molecule has 1 N–H and O–H groups in total. The van der Waals surface area contributed by atoms with Crippen LogP contribution in [0.4, 0.5) is 4.79 Å². The maximum absolute atomic E-state index is 10.8. The number of hydrogen-bond donors (Lipinski definition) is 1. The molecule has 12 heavy (non-hydrogen) atoms. The van der Waals surface area contributed by atoms with Gasteiger partial charge in [0.15, 0.2) is 0 Å². The van der Waals surface area contributed by atoms with E-state index in [1.807, 2.05) is 0 Å². The molecule has 66 valence electrons. The normalized spacial score (nSPS) is 45.3. The number of rotatable bonds is 1. The van der Waals surface area contributed by atoms with Crippen LogP contribution < -0.4 is 5.32 Å². The second kappa shape index (κ2) is 1.95. The molecule has 1 amide bonds. The molecule has 1 spiro atoms. The highest BCUT2D eigenvalue weighted by Gasteiger charge is 2.54. The van der Waals surface area contributed by atoms with Crippen molar-refractivity contribution in [3.63, 3.8) is 0 Å². The maximum atomic E-state index is 10.8. The molecule has 0 bridgehead atoms. The highest BCUT2D eigenvalue weighted by Crippen LogP contribution is 2.53. The third-order valence-corrected chi connectivity index (χ3v) is 3.42. The van der Waals surface area contributed by atoms with Crippen molar-refractivity contribution in [1.82, 2.24) is 5.32 Å². The fourth-order valence-corrected chi connectivity index (χ4v) is 2.53. The first-order chi connectivity index (χ1) is 5.77. The summed E-state index contributed by atoms with van der Waals surface area (Å²) >= 11 is 0. The Morgan fingerprint density at radius 1 is 1.33 bits per heavy atom. The van der Waals surface area contributed by atoms with Crippen LogP contribution in [0.25, 0.3) is 0 Å². The van der Waals surface area contributed by atoms with Crippen molar-refractivity contribution in [3.8, 4) is 0 Å². The number of nitrogens with one attached hydrogen (secondary N) is 1. The first-order valence-corrected chi connectivity index (χ1v) is 4.74. The zero-order valence-corrected chi connectivity index (χ0v) is 7.01. The van der Waals surface area contributed by atoms with Crippen LogP contribution in [0.2, 0.25) is 0 Å². The second-order valence-corrected chi connectivity index (χ2v) is 4.43. The molecular weight excluding hydrogens is 154 g/mol. The van der Waals surface area contributed by atoms with Gasteiger partial charge in [0.2, 0.25) is 0 Å². The summed E-state index contributed by atoms with van der Waals surface area (Å²) in [6.45, 7) is 0.745. The number of carbonyl (C=O) groups is 1. The molecule has 0 atom stereocenters. The van der Waals surface area contributed by atoms with E-state index in [9.17, 15) is 4.79 Å². The van der Waals surface area contributed by atoms with Crippen LogP contribution in [0.1, 0.15) is 25.7 Å². The Hall–Kier alpha value is -0.730. The molecule has 0 aromatic rings. The van der Waals surface area contributed by atoms with Crippen molar-refractivity contribution >= 4 is 6.09 Å². The summed E-state index contributed by atoms with van der Waals surface area (Å²) in [7, 11) is 0. The quantitative estimate of drug-likeness (QED) is 0.639. The van der Waals surface area contributed by atoms with E-state index < -0.39 is 0 Å². The molecule has 0 unspecified atom stereocenters. The van der Waals surface area contributed by atoms with Crippen molar-refractivity contribution in [2.24, 2.45) is 11.8 Å². The van der Waals surface area contributed by atoms with Crippen molar-refractivity contribution in [2.75, 3.05) is 6.54 Å². The van der Waals surface area contributed by atoms with Gasteiger partial charge in [0.25, 0.3) is 0 Å². The summed E-state index contributed by atoms with van der Waals surface area (Å²) in [6.07, 6.45) is 4.81. The second-order valence-electron chi connectivity index (χ2n) is 4.43. The van der Waals surface area contributed by atoms with Crippen LogP contribution in [0.15, 0.2) is 0 Å². The van der Waals surface area contributed by atoms with Crippen LogP contribution in [-0.4, -0.2) is 18.2 Å². The van der Waals surface area contributed by atoms with Crippen molar-refractivity contribution in [2.45, 2.75) is 31.3 Å². The van der Waals surface area contributed by atoms with E-state index in [1.54, 1.807) is 0 Å². The highest BCUT2D eigenvalue weighted by molar-refractivity contribution is 5.70. The van der Waals surface area contributed by atoms with Gasteiger partial charge in [0, 0.05) is 0 Å². The molecule has 1 heterocycles. The minimum atomic E-state index is -0.218. The summed E-state index contributed by atoms with van der Waals surface area (Å²) in [5.41, 5.74) is -0.0790. The van der Waals surface area contributed by atoms with Crippen molar-refractivity contribution < 1.29 is 9.53 Å². The van der Waals surface area contributed by atoms with E-state index in [-0.39, 0.29) is 11.7 Å². The zero-order valence-electron chi connectivity index (χ0n) is 7.01. The molecule has 3 rings (SSSR count). The predicted molar refractivity (Wildman–Crippen MR) is 42.7 cm³/mol. The van der Waals surface area contributed by atoms with Crippen molar-refractivity contribution in [3.05, 3.63) is 0 Å². The lowest BCUT2D eigenvalue weighted by molar-refractivity contribution is -0.0531. The molecular formula is C9H13NO2. The van der Waals surface area contributed by atoms with Gasteiger partial charge >= 0.3 is 6.09 Å². The molecule has 2 aliphatic carbocycles. The lowest BCUT2D eigenvalue weighted by Crippen LogP contribution is -2.47. The van der Waals surface area contributed by atoms with Crippen molar-refractivity contribution in [1.29, 1.82) is 0 Å². The van der Waals surface area contributed by atoms with Gasteiger partial charge in [-0.3, -0.25) is 0 Å². The molecule has 3 nitrogen and oxygen atoms in total. The summed E-state index contributed by atoms with van der Waals surface area (Å²) in [5, 5.41) is 2.73. The molecule has 0 radical (unpaired) electrons. The monoisotopic (exact) mass is 167 g/mol. The van der Waals surface area contributed by atoms with E-state index >= 15 is 0 Å². The Morgan fingerprint density at radius 3 is 2.58 bits per heavy atom. The van der Waals surface area contributed by atoms with Crippen LogP contribution in [0.5, 0.6) is 0 Å². The Morgan fingerprint density at radius 2 is 2.08 bits per heavy atom. The van der Waals surface area contributed by atoms with E-state index in [0.717, 1.165) is 31.2 Å². The standard InChI is InChI=1S/C9H13NO2/c11-8-10-5-9(12-8)3-7(4-9)6-1-2-6/h6-7H,1-5H2,(H,10,11). The maximum Gasteiger partial charge on any atom is 0.407 e. The average molecular weight is 167 g/mol. The number of alkyl carbamates (subject to hydrolysis) is 1. The minimum Gasteiger partial charge on any atom is -0.441 e. The van der Waals surface area contributed by atoms with Gasteiger partial charge in [-0.25, -0.2) is 4.79 Å². The summed E-state index contributed by atoms with van der Waals surface area (Å²) < 4.78 is 5.24. The van der Waals surface area contributed by atoms with Gasteiger partial charge in [0.1, 0.15) is 5.60 Å². The number of ether oxygens (including phenoxy) is 1. The van der Waals surface area contributed by atoms with Gasteiger partial charge < -0.3 is 10.1 Å². The largest absolute Gasteiger partial charge is 0.441 e. The average Bonchev–Trinajstić information content (AvgIpc) is 2.72. The van der Waals surface area contributed by atoms with Gasteiger partial charge in [-0.05, 0) is 37.5 Å². The van der Waals surface area contributed by atoms with E-state index in [4.69, 9.17) is 4.74 Å². The fourth-order valence-electron chi connectivity index (χ4n) is 2.53. The van der Waals surface area contributed by atoms with E-state index in [2.05, 4.69) is 5.32 Å². The van der Waals surface area contributed by atoms with Crippen LogP contribution >= 0.6 is 0 Å². The Bertz CT molecular complexity index is 229.